The van der Waals surface area contributed by atoms with Crippen molar-refractivity contribution in [2.75, 3.05) is 14.6 Å². The van der Waals surface area contributed by atoms with E-state index in [1.807, 2.05) is 25.5 Å². The van der Waals surface area contributed by atoms with Crippen LogP contribution in [0.4, 0.5) is 22.7 Å². The normalized spacial score (nSPS) is 13.9. The van der Waals surface area contributed by atoms with Crippen LogP contribution in [-0.2, 0) is 27.5 Å². The number of aryl methyl sites for hydroxylation is 1. The van der Waals surface area contributed by atoms with Gasteiger partial charge in [-0.25, -0.2) is 0 Å². The Morgan fingerprint density at radius 3 is 2.00 bits per heavy atom. The third kappa shape index (κ3) is 4.01. The Morgan fingerprint density at radius 2 is 1.30 bits per heavy atom. The Labute approximate surface area is 271 Å². The summed E-state index contributed by atoms with van der Waals surface area (Å²) in [6.45, 7) is 2.00. The Hall–Kier alpha value is -4.82. The van der Waals surface area contributed by atoms with Crippen LogP contribution >= 0.6 is 0 Å². The molecule has 6 aromatic rings. The third-order valence-corrected chi connectivity index (χ3v) is 8.68. The molecule has 7 heteroatoms. The maximum atomic E-state index is 4.65. The van der Waals surface area contributed by atoms with Gasteiger partial charge in [0.2, 0.25) is 0 Å². The number of benzene rings is 5. The number of hydrogen-bond acceptors (Lipinski definition) is 4. The Morgan fingerprint density at radius 1 is 0.659 bits per heavy atom. The molecule has 0 N–H and O–H groups in total. The van der Waals surface area contributed by atoms with Crippen molar-refractivity contribution in [1.29, 1.82) is 0 Å². The van der Waals surface area contributed by atoms with Crippen LogP contribution in [0.1, 0.15) is 0 Å². The third-order valence-electron chi connectivity index (χ3n) is 8.68. The molecule has 5 aromatic carbocycles. The number of nitrogens with zero attached hydrogens (tertiary/aromatic N) is 5. The van der Waals surface area contributed by atoms with E-state index in [1.54, 1.807) is 0 Å². The first-order valence-corrected chi connectivity index (χ1v) is 14.5. The quantitative estimate of drug-likeness (QED) is 0.161. The van der Waals surface area contributed by atoms with Gasteiger partial charge < -0.3 is 19.2 Å². The van der Waals surface area contributed by atoms with Gasteiger partial charge in [-0.05, 0) is 42.2 Å². The molecule has 0 bridgehead atoms. The number of rotatable bonds is 3. The van der Waals surface area contributed by atoms with E-state index < -0.39 is 0 Å². The van der Waals surface area contributed by atoms with Crippen molar-refractivity contribution in [2.24, 2.45) is 7.05 Å². The number of imidazole rings is 1. The summed E-state index contributed by atoms with van der Waals surface area (Å²) in [6.07, 6.45) is 8.00. The second kappa shape index (κ2) is 10.4. The smallest absolute Gasteiger partial charge is 0.285 e. The summed E-state index contributed by atoms with van der Waals surface area (Å²) in [6, 6.07) is 44.4. The molecular weight excluding hydrogens is 632 g/mol. The molecule has 0 aliphatic carbocycles. The molecule has 1 aromatic heterocycles. The molecule has 0 unspecified atom stereocenters. The summed E-state index contributed by atoms with van der Waals surface area (Å²) in [7, 11) is 2.03. The Bertz CT molecular complexity index is 2070. The van der Waals surface area contributed by atoms with E-state index in [4.69, 9.17) is 0 Å². The van der Waals surface area contributed by atoms with Crippen molar-refractivity contribution in [2.45, 2.75) is 0 Å². The van der Waals surface area contributed by atoms with Gasteiger partial charge >= 0.3 is 0 Å². The number of anilines is 4. The largest absolute Gasteiger partial charge is 0.500 e. The van der Waals surface area contributed by atoms with E-state index in [2.05, 4.69) is 152 Å². The Kier molecular flexibility index (Phi) is 6.34. The second-order valence-corrected chi connectivity index (χ2v) is 11.1. The molecular formula is C37H25BN5Pd-3. The van der Waals surface area contributed by atoms with Gasteiger partial charge in [0.1, 0.15) is 0 Å². The van der Waals surface area contributed by atoms with Crippen LogP contribution in [0, 0.1) is 18.8 Å². The van der Waals surface area contributed by atoms with E-state index in [-0.39, 0.29) is 27.3 Å². The van der Waals surface area contributed by atoms with E-state index in [9.17, 15) is 0 Å². The molecule has 4 heterocycles. The number of hydrogen-bond donors (Lipinski definition) is 0. The first-order valence-electron chi connectivity index (χ1n) is 14.5. The van der Waals surface area contributed by atoms with Crippen molar-refractivity contribution in [3.63, 3.8) is 0 Å². The van der Waals surface area contributed by atoms with E-state index >= 15 is 0 Å². The van der Waals surface area contributed by atoms with Gasteiger partial charge in [-0.2, -0.15) is 17.6 Å². The zero-order valence-electron chi connectivity index (χ0n) is 23.8. The Balaban J connectivity index is 0.00000289. The average Bonchev–Trinajstić information content (AvgIpc) is 3.74. The molecule has 5 nitrogen and oxygen atoms in total. The molecule has 0 saturated heterocycles. The topological polar surface area (TPSA) is 27.5 Å². The van der Waals surface area contributed by atoms with Crippen LogP contribution in [0.3, 0.4) is 0 Å². The van der Waals surface area contributed by atoms with Crippen molar-refractivity contribution in [1.82, 2.24) is 9.55 Å². The molecule has 9 rings (SSSR count). The fourth-order valence-electron chi connectivity index (χ4n) is 6.70. The molecule has 214 valence electrons. The first kappa shape index (κ1) is 26.8. The second-order valence-electron chi connectivity index (χ2n) is 11.1. The molecule has 3 aliphatic rings. The fraction of sp³-hybridized carbons (Fsp3) is 0.0270. The average molecular weight is 657 g/mol. The van der Waals surface area contributed by atoms with Gasteiger partial charge in [-0.15, -0.1) is 58.8 Å². The van der Waals surface area contributed by atoms with E-state index in [0.717, 1.165) is 33.7 Å². The SMILES string of the molecule is Cn1ccnc1-c1[c-]c2c(cc1)-c1ccccc1N1B2c2[c-]c(N3C=CN(c4ccccc4)[CH-]3)ccc2-c2ccccc21.[Pd]. The minimum absolute atomic E-state index is 0. The monoisotopic (exact) mass is 656 g/mol. The maximum absolute atomic E-state index is 4.65. The predicted octanol–water partition coefficient (Wildman–Crippen LogP) is 6.51. The molecule has 3 aliphatic heterocycles. The molecule has 0 spiro atoms. The van der Waals surface area contributed by atoms with Gasteiger partial charge in [-0.3, -0.25) is 4.98 Å². The summed E-state index contributed by atoms with van der Waals surface area (Å²) in [4.78, 5) is 11.4. The molecule has 0 radical (unpaired) electrons. The van der Waals surface area contributed by atoms with E-state index in [1.165, 1.54) is 33.6 Å². The zero-order valence-corrected chi connectivity index (χ0v) is 25.4. The van der Waals surface area contributed by atoms with Crippen LogP contribution in [0.15, 0.2) is 128 Å². The van der Waals surface area contributed by atoms with Crippen molar-refractivity contribution in [3.05, 3.63) is 147 Å². The van der Waals surface area contributed by atoms with Gasteiger partial charge in [0.25, 0.3) is 6.85 Å². The standard InChI is InChI=1S/C37H25BN5.Pd/c1-40-20-19-39-37(40)26-15-17-29-31-11-5-7-13-35(31)43-36-14-8-6-12-32(36)30-18-16-28(24-34(30)38(43)33(29)23-26)42-22-21-41(25-42)27-9-3-2-4-10-27;/h2-22,25H,1H3;/q-3;. The van der Waals surface area contributed by atoms with Crippen LogP contribution < -0.4 is 25.5 Å². The zero-order chi connectivity index (χ0) is 28.5. The number of fused-ring (bicyclic) bond motifs is 11. The van der Waals surface area contributed by atoms with Gasteiger partial charge in [0, 0.05) is 56.9 Å². The van der Waals surface area contributed by atoms with Crippen molar-refractivity contribution in [3.8, 4) is 33.6 Å². The summed E-state index contributed by atoms with van der Waals surface area (Å²) in [5.41, 5.74) is 12.6. The van der Waals surface area contributed by atoms with Gasteiger partial charge in [-0.1, -0.05) is 60.2 Å². The number of para-hydroxylation sites is 3. The first-order chi connectivity index (χ1) is 21.2. The van der Waals surface area contributed by atoms with Crippen LogP contribution in [-0.4, -0.2) is 16.4 Å². The summed E-state index contributed by atoms with van der Waals surface area (Å²) < 4.78 is 2.05. The van der Waals surface area contributed by atoms with Crippen LogP contribution in [0.5, 0.6) is 0 Å². The maximum Gasteiger partial charge on any atom is 0.285 e. The van der Waals surface area contributed by atoms with Gasteiger partial charge in [0.15, 0.2) is 0 Å². The minimum Gasteiger partial charge on any atom is -0.500 e. The molecule has 0 saturated carbocycles. The van der Waals surface area contributed by atoms with Gasteiger partial charge in [0.05, 0.1) is 5.82 Å². The minimum atomic E-state index is -0.105. The van der Waals surface area contributed by atoms with Crippen LogP contribution in [0.25, 0.3) is 33.6 Å². The summed E-state index contributed by atoms with van der Waals surface area (Å²) >= 11 is 0. The number of aromatic nitrogens is 2. The molecule has 0 atom stereocenters. The molecule has 0 amide bonds. The predicted molar refractivity (Wildman–Crippen MR) is 176 cm³/mol. The summed E-state index contributed by atoms with van der Waals surface area (Å²) in [5.74, 6) is 0.903. The van der Waals surface area contributed by atoms with Crippen molar-refractivity contribution < 1.29 is 20.4 Å². The van der Waals surface area contributed by atoms with Crippen molar-refractivity contribution >= 4 is 40.5 Å². The molecule has 0 fully saturated rings. The molecule has 44 heavy (non-hydrogen) atoms. The fourth-order valence-corrected chi connectivity index (χ4v) is 6.70. The van der Waals surface area contributed by atoms with E-state index in [0.29, 0.717) is 0 Å². The van der Waals surface area contributed by atoms with Crippen LogP contribution in [0.2, 0.25) is 0 Å². The summed E-state index contributed by atoms with van der Waals surface area (Å²) in [5, 5.41) is 0.